The number of nitrogens with zero attached hydrogens (tertiary/aromatic N) is 1. The zero-order chi connectivity index (χ0) is 21.9. The molecule has 9 heteroatoms. The van der Waals surface area contributed by atoms with Crippen LogP contribution in [0.25, 0.3) is 0 Å². The molecule has 1 fully saturated rings. The summed E-state index contributed by atoms with van der Waals surface area (Å²) in [6, 6.07) is 13.9. The van der Waals surface area contributed by atoms with Crippen LogP contribution in [0.1, 0.15) is 18.4 Å². The molecule has 0 saturated carbocycles. The number of carbonyl (C=O) groups excluding carboxylic acids is 1. The van der Waals surface area contributed by atoms with E-state index in [1.165, 1.54) is 19.2 Å². The first-order valence-electron chi connectivity index (χ1n) is 10.2. The molecular formula is C22H26N2O6S. The molecule has 0 radical (unpaired) electrons. The third-order valence-electron chi connectivity index (χ3n) is 5.88. The molecule has 1 N–H and O–H groups in total. The Morgan fingerprint density at radius 1 is 1.06 bits per heavy atom. The molecule has 0 atom stereocenters. The van der Waals surface area contributed by atoms with Crippen molar-refractivity contribution in [1.82, 2.24) is 9.62 Å². The average molecular weight is 447 g/mol. The third-order valence-corrected chi connectivity index (χ3v) is 7.69. The van der Waals surface area contributed by atoms with Crippen LogP contribution in [-0.2, 0) is 25.0 Å². The highest BCUT2D eigenvalue weighted by atomic mass is 32.2. The smallest absolute Gasteiger partial charge is 0.243 e. The number of likely N-dealkylation sites (N-methyl/N-ethyl adjacent to an activating group) is 1. The maximum Gasteiger partial charge on any atom is 0.243 e. The zero-order valence-electron chi connectivity index (χ0n) is 17.4. The Bertz CT molecular complexity index is 1040. The van der Waals surface area contributed by atoms with Gasteiger partial charge in [-0.3, -0.25) is 4.79 Å². The standard InChI is InChI=1S/C22H26N2O6S/c1-24(31(26,27)18-5-3-2-4-6-18)14-21(25)23-15-22(9-11-28-12-10-22)17-7-8-19-20(13-17)30-16-29-19/h2-8,13H,9-12,14-16H2,1H3,(H,23,25). The summed E-state index contributed by atoms with van der Waals surface area (Å²) in [5.74, 6) is 1.06. The number of nitrogens with one attached hydrogen (secondary N) is 1. The molecule has 2 heterocycles. The summed E-state index contributed by atoms with van der Waals surface area (Å²) >= 11 is 0. The number of fused-ring (bicyclic) bond motifs is 1. The van der Waals surface area contributed by atoms with Crippen LogP contribution in [0, 0.1) is 0 Å². The second-order valence-corrected chi connectivity index (χ2v) is 9.86. The Morgan fingerprint density at radius 2 is 1.77 bits per heavy atom. The number of benzene rings is 2. The fourth-order valence-electron chi connectivity index (χ4n) is 3.94. The van der Waals surface area contributed by atoms with Crippen molar-refractivity contribution in [2.45, 2.75) is 23.2 Å². The molecule has 2 aliphatic heterocycles. The minimum Gasteiger partial charge on any atom is -0.454 e. The second-order valence-electron chi connectivity index (χ2n) is 7.81. The SMILES string of the molecule is CN(CC(=O)NCC1(c2ccc3c(c2)OCO3)CCOCC1)S(=O)(=O)c1ccccc1. The lowest BCUT2D eigenvalue weighted by molar-refractivity contribution is -0.121. The molecule has 0 unspecified atom stereocenters. The summed E-state index contributed by atoms with van der Waals surface area (Å²) in [5.41, 5.74) is 0.733. The van der Waals surface area contributed by atoms with Gasteiger partial charge in [-0.2, -0.15) is 4.31 Å². The molecule has 0 aliphatic carbocycles. The highest BCUT2D eigenvalue weighted by molar-refractivity contribution is 7.89. The lowest BCUT2D eigenvalue weighted by Gasteiger charge is -2.38. The Morgan fingerprint density at radius 3 is 2.52 bits per heavy atom. The van der Waals surface area contributed by atoms with E-state index in [4.69, 9.17) is 14.2 Å². The predicted molar refractivity (Wildman–Crippen MR) is 114 cm³/mol. The van der Waals surface area contributed by atoms with Crippen molar-refractivity contribution in [3.8, 4) is 11.5 Å². The molecule has 4 rings (SSSR count). The van der Waals surface area contributed by atoms with Gasteiger partial charge in [-0.1, -0.05) is 24.3 Å². The summed E-state index contributed by atoms with van der Waals surface area (Å²) in [6.07, 6.45) is 1.48. The second kappa shape index (κ2) is 8.86. The van der Waals surface area contributed by atoms with Crippen LogP contribution in [0.2, 0.25) is 0 Å². The maximum atomic E-state index is 12.7. The highest BCUT2D eigenvalue weighted by Crippen LogP contribution is 2.40. The van der Waals surface area contributed by atoms with Gasteiger partial charge in [0.05, 0.1) is 11.4 Å². The number of rotatable bonds is 7. The van der Waals surface area contributed by atoms with E-state index in [0.29, 0.717) is 31.3 Å². The molecule has 8 nitrogen and oxygen atoms in total. The topological polar surface area (TPSA) is 94.2 Å². The van der Waals surface area contributed by atoms with E-state index in [9.17, 15) is 13.2 Å². The fraction of sp³-hybridized carbons (Fsp3) is 0.409. The maximum absolute atomic E-state index is 12.7. The molecule has 1 saturated heterocycles. The minimum absolute atomic E-state index is 0.159. The molecule has 0 bridgehead atoms. The van der Waals surface area contributed by atoms with Crippen LogP contribution in [0.5, 0.6) is 11.5 Å². The summed E-state index contributed by atoms with van der Waals surface area (Å²) in [4.78, 5) is 12.8. The number of ether oxygens (including phenoxy) is 3. The van der Waals surface area contributed by atoms with Crippen LogP contribution in [0.15, 0.2) is 53.4 Å². The van der Waals surface area contributed by atoms with Crippen molar-refractivity contribution in [1.29, 1.82) is 0 Å². The molecule has 1 amide bonds. The van der Waals surface area contributed by atoms with Crippen LogP contribution in [-0.4, -0.2) is 58.8 Å². The van der Waals surface area contributed by atoms with Gasteiger partial charge in [0.15, 0.2) is 11.5 Å². The lowest BCUT2D eigenvalue weighted by Crippen LogP contribution is -2.47. The van der Waals surface area contributed by atoms with E-state index < -0.39 is 10.0 Å². The van der Waals surface area contributed by atoms with E-state index in [0.717, 1.165) is 22.7 Å². The zero-order valence-corrected chi connectivity index (χ0v) is 18.2. The lowest BCUT2D eigenvalue weighted by atomic mass is 9.74. The number of amides is 1. The molecule has 0 spiro atoms. The van der Waals surface area contributed by atoms with Crippen molar-refractivity contribution in [2.24, 2.45) is 0 Å². The average Bonchev–Trinajstić information content (AvgIpc) is 3.27. The van der Waals surface area contributed by atoms with Crippen molar-refractivity contribution >= 4 is 15.9 Å². The van der Waals surface area contributed by atoms with E-state index in [2.05, 4.69) is 5.32 Å². The van der Waals surface area contributed by atoms with Gasteiger partial charge in [0.2, 0.25) is 22.7 Å². The van der Waals surface area contributed by atoms with Gasteiger partial charge in [0.25, 0.3) is 0 Å². The van der Waals surface area contributed by atoms with Gasteiger partial charge < -0.3 is 19.5 Å². The summed E-state index contributed by atoms with van der Waals surface area (Å²) < 4.78 is 42.9. The Balaban J connectivity index is 1.45. The number of sulfonamides is 1. The van der Waals surface area contributed by atoms with Gasteiger partial charge >= 0.3 is 0 Å². The van der Waals surface area contributed by atoms with E-state index in [-0.39, 0.29) is 29.6 Å². The molecule has 2 aromatic rings. The van der Waals surface area contributed by atoms with Gasteiger partial charge in [-0.25, -0.2) is 8.42 Å². The van der Waals surface area contributed by atoms with Crippen LogP contribution in [0.3, 0.4) is 0 Å². The molecule has 2 aromatic carbocycles. The minimum atomic E-state index is -3.73. The van der Waals surface area contributed by atoms with Gasteiger partial charge in [0.1, 0.15) is 0 Å². The first-order chi connectivity index (χ1) is 14.9. The number of hydrogen-bond acceptors (Lipinski definition) is 6. The van der Waals surface area contributed by atoms with Crippen LogP contribution < -0.4 is 14.8 Å². The largest absolute Gasteiger partial charge is 0.454 e. The molecule has 166 valence electrons. The first-order valence-corrected chi connectivity index (χ1v) is 11.6. The Kier molecular flexibility index (Phi) is 6.17. The molecule has 0 aromatic heterocycles. The summed E-state index contributed by atoms with van der Waals surface area (Å²) in [6.45, 7) is 1.51. The van der Waals surface area contributed by atoms with Crippen molar-refractivity contribution in [3.05, 3.63) is 54.1 Å². The van der Waals surface area contributed by atoms with E-state index in [1.807, 2.05) is 18.2 Å². The summed E-state index contributed by atoms with van der Waals surface area (Å²) in [5, 5.41) is 2.94. The van der Waals surface area contributed by atoms with Crippen molar-refractivity contribution in [3.63, 3.8) is 0 Å². The van der Waals surface area contributed by atoms with E-state index in [1.54, 1.807) is 18.2 Å². The quantitative estimate of drug-likeness (QED) is 0.698. The van der Waals surface area contributed by atoms with E-state index >= 15 is 0 Å². The van der Waals surface area contributed by atoms with Crippen molar-refractivity contribution in [2.75, 3.05) is 40.1 Å². The molecular weight excluding hydrogens is 420 g/mol. The summed E-state index contributed by atoms with van der Waals surface area (Å²) in [7, 11) is -2.32. The van der Waals surface area contributed by atoms with Gasteiger partial charge in [-0.15, -0.1) is 0 Å². The number of hydrogen-bond donors (Lipinski definition) is 1. The fourth-order valence-corrected chi connectivity index (χ4v) is 5.09. The molecule has 31 heavy (non-hydrogen) atoms. The van der Waals surface area contributed by atoms with Crippen LogP contribution in [0.4, 0.5) is 0 Å². The normalized spacial score (nSPS) is 17.5. The van der Waals surface area contributed by atoms with Gasteiger partial charge in [0, 0.05) is 32.2 Å². The first kappa shape index (κ1) is 21.6. The Labute approximate surface area is 182 Å². The monoisotopic (exact) mass is 446 g/mol. The Hall–Kier alpha value is -2.62. The number of carbonyl (C=O) groups is 1. The predicted octanol–water partition coefficient (Wildman–Crippen LogP) is 1.90. The van der Waals surface area contributed by atoms with Crippen molar-refractivity contribution < 1.29 is 27.4 Å². The third kappa shape index (κ3) is 4.53. The van der Waals surface area contributed by atoms with Crippen LogP contribution >= 0.6 is 0 Å². The molecule has 2 aliphatic rings. The highest BCUT2D eigenvalue weighted by Gasteiger charge is 2.36. The van der Waals surface area contributed by atoms with Gasteiger partial charge in [-0.05, 0) is 42.7 Å².